The second-order valence-electron chi connectivity index (χ2n) is 7.88. The molecule has 0 N–H and O–H groups in total. The second-order valence-corrected chi connectivity index (χ2v) is 7.88. The van der Waals surface area contributed by atoms with E-state index >= 15 is 0 Å². The molecule has 1 unspecified atom stereocenters. The van der Waals surface area contributed by atoms with E-state index in [9.17, 15) is 0 Å². The number of nitrogens with zero attached hydrogens (tertiary/aromatic N) is 5. The van der Waals surface area contributed by atoms with Gasteiger partial charge in [0, 0.05) is 18.8 Å². The molecular weight excluding hydrogens is 326 g/mol. The summed E-state index contributed by atoms with van der Waals surface area (Å²) in [5.41, 5.74) is 2.18. The number of aryl methyl sites for hydroxylation is 1. The van der Waals surface area contributed by atoms with E-state index in [-0.39, 0.29) is 0 Å². The number of hydrogen-bond acceptors (Lipinski definition) is 5. The molecule has 1 atom stereocenters. The van der Waals surface area contributed by atoms with Crippen LogP contribution >= 0.6 is 0 Å². The van der Waals surface area contributed by atoms with Gasteiger partial charge in [0.25, 0.3) is 5.89 Å². The molecule has 2 aromatic heterocycles. The van der Waals surface area contributed by atoms with Gasteiger partial charge in [0.15, 0.2) is 0 Å². The van der Waals surface area contributed by atoms with Gasteiger partial charge in [-0.05, 0) is 77.3 Å². The maximum atomic E-state index is 6.00. The van der Waals surface area contributed by atoms with Crippen LogP contribution in [0.5, 0.6) is 0 Å². The topological polar surface area (TPSA) is 50.3 Å². The monoisotopic (exact) mass is 357 g/mol. The van der Waals surface area contributed by atoms with Crippen LogP contribution in [0.2, 0.25) is 0 Å². The third kappa shape index (κ3) is 3.86. The lowest BCUT2D eigenvalue weighted by Gasteiger charge is -2.35. The van der Waals surface area contributed by atoms with Gasteiger partial charge >= 0.3 is 0 Å². The average molecular weight is 358 g/mol. The van der Waals surface area contributed by atoms with Crippen LogP contribution in [0, 0.1) is 6.92 Å². The van der Waals surface area contributed by atoms with E-state index in [1.807, 2.05) is 13.1 Å². The minimum Gasteiger partial charge on any atom is -0.418 e. The van der Waals surface area contributed by atoms with Gasteiger partial charge in [0.1, 0.15) is 5.69 Å². The van der Waals surface area contributed by atoms with Crippen molar-refractivity contribution in [3.63, 3.8) is 0 Å². The van der Waals surface area contributed by atoms with E-state index in [2.05, 4.69) is 37.6 Å². The molecule has 0 bridgehead atoms. The fraction of sp³-hybridized carbons (Fsp3) is 0.700. The van der Waals surface area contributed by atoms with E-state index in [4.69, 9.17) is 4.42 Å². The summed E-state index contributed by atoms with van der Waals surface area (Å²) in [6, 6.07) is 4.78. The number of piperidine rings is 1. The summed E-state index contributed by atoms with van der Waals surface area (Å²) in [6.45, 7) is 7.82. The lowest BCUT2D eigenvalue weighted by Crippen LogP contribution is -2.41. The summed E-state index contributed by atoms with van der Waals surface area (Å²) in [4.78, 5) is 5.18. The van der Waals surface area contributed by atoms with E-state index in [0.717, 1.165) is 24.7 Å². The predicted octanol–water partition coefficient (Wildman–Crippen LogP) is 3.22. The van der Waals surface area contributed by atoms with Crippen molar-refractivity contribution < 1.29 is 4.42 Å². The highest BCUT2D eigenvalue weighted by molar-refractivity contribution is 5.48. The van der Waals surface area contributed by atoms with E-state index in [0.29, 0.717) is 11.9 Å². The van der Waals surface area contributed by atoms with Gasteiger partial charge in [-0.3, -0.25) is 4.90 Å². The first-order valence-corrected chi connectivity index (χ1v) is 10.1. The molecule has 0 spiro atoms. The molecule has 26 heavy (non-hydrogen) atoms. The Morgan fingerprint density at radius 1 is 1.08 bits per heavy atom. The minimum atomic E-state index is 0.626. The highest BCUT2D eigenvalue weighted by atomic mass is 16.4. The summed E-state index contributed by atoms with van der Waals surface area (Å²) in [5.74, 6) is 1.37. The highest BCUT2D eigenvalue weighted by Gasteiger charge is 2.25. The second kappa shape index (κ2) is 7.92. The highest BCUT2D eigenvalue weighted by Crippen LogP contribution is 2.25. The van der Waals surface area contributed by atoms with Gasteiger partial charge in [-0.2, -0.15) is 0 Å². The molecule has 2 aliphatic heterocycles. The smallest absolute Gasteiger partial charge is 0.264 e. The summed E-state index contributed by atoms with van der Waals surface area (Å²) >= 11 is 0. The van der Waals surface area contributed by atoms with Gasteiger partial charge in [-0.15, -0.1) is 10.2 Å². The quantitative estimate of drug-likeness (QED) is 0.794. The fourth-order valence-corrected chi connectivity index (χ4v) is 4.36. The molecule has 2 fully saturated rings. The predicted molar refractivity (Wildman–Crippen MR) is 102 cm³/mol. The molecule has 2 saturated heterocycles. The van der Waals surface area contributed by atoms with Crippen molar-refractivity contribution in [3.05, 3.63) is 23.7 Å². The van der Waals surface area contributed by atoms with Crippen molar-refractivity contribution in [3.8, 4) is 11.6 Å². The number of likely N-dealkylation sites (tertiary alicyclic amines) is 2. The molecule has 0 aromatic carbocycles. The summed E-state index contributed by atoms with van der Waals surface area (Å²) < 4.78 is 8.09. The SMILES string of the molecule is Cc1ccc(-c2nnc(CN3CCCCC3CCN3CCCC3)o2)n1C. The Labute approximate surface area is 156 Å². The van der Waals surface area contributed by atoms with Gasteiger partial charge in [-0.25, -0.2) is 0 Å². The van der Waals surface area contributed by atoms with Gasteiger partial charge in [0.05, 0.1) is 6.54 Å². The Balaban J connectivity index is 1.39. The zero-order valence-electron chi connectivity index (χ0n) is 16.2. The van der Waals surface area contributed by atoms with Gasteiger partial charge < -0.3 is 13.9 Å². The van der Waals surface area contributed by atoms with Gasteiger partial charge in [0.2, 0.25) is 5.89 Å². The zero-order valence-corrected chi connectivity index (χ0v) is 16.2. The Hall–Kier alpha value is -1.66. The van der Waals surface area contributed by atoms with Crippen molar-refractivity contribution in [2.24, 2.45) is 7.05 Å². The minimum absolute atomic E-state index is 0.626. The Morgan fingerprint density at radius 2 is 1.88 bits per heavy atom. The van der Waals surface area contributed by atoms with Crippen LogP contribution in [-0.4, -0.2) is 56.8 Å². The van der Waals surface area contributed by atoms with Gasteiger partial charge in [-0.1, -0.05) is 6.42 Å². The molecule has 2 aromatic rings. The average Bonchev–Trinajstić information content (AvgIpc) is 3.38. The van der Waals surface area contributed by atoms with Crippen LogP contribution in [0.15, 0.2) is 16.5 Å². The first-order valence-electron chi connectivity index (χ1n) is 10.1. The molecule has 0 aliphatic carbocycles. The fourth-order valence-electron chi connectivity index (χ4n) is 4.36. The molecule has 0 amide bonds. The van der Waals surface area contributed by atoms with E-state index < -0.39 is 0 Å². The van der Waals surface area contributed by atoms with Crippen molar-refractivity contribution >= 4 is 0 Å². The van der Waals surface area contributed by atoms with Crippen LogP contribution in [-0.2, 0) is 13.6 Å². The van der Waals surface area contributed by atoms with Crippen molar-refractivity contribution in [2.45, 2.75) is 58.0 Å². The van der Waals surface area contributed by atoms with Crippen LogP contribution in [0.25, 0.3) is 11.6 Å². The summed E-state index contributed by atoms with van der Waals surface area (Å²) in [5, 5.41) is 8.61. The Morgan fingerprint density at radius 3 is 2.65 bits per heavy atom. The molecule has 6 heteroatoms. The van der Waals surface area contributed by atoms with Crippen LogP contribution in [0.4, 0.5) is 0 Å². The third-order valence-electron chi connectivity index (χ3n) is 6.12. The maximum absolute atomic E-state index is 6.00. The van der Waals surface area contributed by atoms with Crippen molar-refractivity contribution in [2.75, 3.05) is 26.2 Å². The molecular formula is C20H31N5O. The normalized spacial score (nSPS) is 22.3. The third-order valence-corrected chi connectivity index (χ3v) is 6.12. The number of rotatable bonds is 6. The Bertz CT molecular complexity index is 716. The first-order chi connectivity index (χ1) is 12.7. The van der Waals surface area contributed by atoms with Crippen LogP contribution in [0.3, 0.4) is 0 Å². The molecule has 0 saturated carbocycles. The lowest BCUT2D eigenvalue weighted by molar-refractivity contribution is 0.111. The molecule has 2 aliphatic rings. The molecule has 0 radical (unpaired) electrons. The molecule has 6 nitrogen and oxygen atoms in total. The first kappa shape index (κ1) is 17.7. The lowest BCUT2D eigenvalue weighted by atomic mass is 9.99. The zero-order chi connectivity index (χ0) is 17.9. The van der Waals surface area contributed by atoms with Crippen molar-refractivity contribution in [1.29, 1.82) is 0 Å². The molecule has 142 valence electrons. The Kier molecular flexibility index (Phi) is 5.41. The summed E-state index contributed by atoms with van der Waals surface area (Å²) in [7, 11) is 2.04. The van der Waals surface area contributed by atoms with E-state index in [1.165, 1.54) is 63.9 Å². The van der Waals surface area contributed by atoms with Crippen LogP contribution in [0.1, 0.15) is 50.1 Å². The number of hydrogen-bond donors (Lipinski definition) is 0. The number of aromatic nitrogens is 3. The summed E-state index contributed by atoms with van der Waals surface area (Å²) in [6.07, 6.45) is 7.93. The largest absolute Gasteiger partial charge is 0.418 e. The molecule has 4 heterocycles. The maximum Gasteiger partial charge on any atom is 0.264 e. The van der Waals surface area contributed by atoms with Crippen molar-refractivity contribution in [1.82, 2.24) is 24.6 Å². The molecule has 4 rings (SSSR count). The van der Waals surface area contributed by atoms with Crippen LogP contribution < -0.4 is 0 Å². The van der Waals surface area contributed by atoms with E-state index in [1.54, 1.807) is 0 Å². The standard InChI is InChI=1S/C20H31N5O/c1-16-8-9-18(23(16)2)20-22-21-19(26-20)15-25-13-4-3-7-17(25)10-14-24-11-5-6-12-24/h8-9,17H,3-7,10-15H2,1-2H3.